The number of hydrogen-bond acceptors (Lipinski definition) is 6. The lowest BCUT2D eigenvalue weighted by Gasteiger charge is -2.38. The largest absolute Gasteiger partial charge is 0.392 e. The van der Waals surface area contributed by atoms with Gasteiger partial charge in [-0.25, -0.2) is 0 Å². The van der Waals surface area contributed by atoms with Gasteiger partial charge >= 0.3 is 0 Å². The van der Waals surface area contributed by atoms with Crippen LogP contribution >= 0.6 is 0 Å². The first-order valence-electron chi connectivity index (χ1n) is 12.0. The smallest absolute Gasteiger partial charge is 0.221 e. The Labute approximate surface area is 206 Å². The summed E-state index contributed by atoms with van der Waals surface area (Å²) in [5.74, 6) is -0.108. The first-order chi connectivity index (χ1) is 17.0. The third-order valence-corrected chi connectivity index (χ3v) is 6.11. The number of benzene rings is 2. The quantitative estimate of drug-likeness (QED) is 0.481. The molecule has 0 aliphatic carbocycles. The number of amides is 1. The molecule has 1 saturated heterocycles. The first-order valence-corrected chi connectivity index (χ1v) is 12.0. The van der Waals surface area contributed by atoms with Crippen molar-refractivity contribution < 1.29 is 19.4 Å². The van der Waals surface area contributed by atoms with Crippen molar-refractivity contribution in [3.8, 4) is 0 Å². The van der Waals surface area contributed by atoms with E-state index in [1.165, 1.54) is 6.92 Å². The average molecular weight is 476 g/mol. The second kappa shape index (κ2) is 12.0. The van der Waals surface area contributed by atoms with Crippen LogP contribution in [0.4, 0.5) is 5.69 Å². The normalized spacial score (nSPS) is 20.1. The summed E-state index contributed by atoms with van der Waals surface area (Å²) in [5.41, 5.74) is 4.64. The molecule has 2 aromatic carbocycles. The maximum Gasteiger partial charge on any atom is 0.221 e. The third-order valence-electron chi connectivity index (χ3n) is 6.11. The number of aliphatic hydroxyl groups excluding tert-OH is 1. The van der Waals surface area contributed by atoms with Crippen molar-refractivity contribution in [2.75, 3.05) is 25.5 Å². The summed E-state index contributed by atoms with van der Waals surface area (Å²) < 4.78 is 12.8. The lowest BCUT2D eigenvalue weighted by atomic mass is 9.99. The summed E-state index contributed by atoms with van der Waals surface area (Å²) in [7, 11) is 2.10. The molecule has 2 heterocycles. The second-order valence-electron chi connectivity index (χ2n) is 8.99. The van der Waals surface area contributed by atoms with Crippen molar-refractivity contribution in [2.45, 2.75) is 44.9 Å². The van der Waals surface area contributed by atoms with Crippen LogP contribution in [0, 0.1) is 0 Å². The monoisotopic (exact) mass is 475 g/mol. The van der Waals surface area contributed by atoms with Crippen molar-refractivity contribution in [3.05, 3.63) is 95.3 Å². The topological polar surface area (TPSA) is 83.9 Å². The van der Waals surface area contributed by atoms with E-state index in [-0.39, 0.29) is 24.7 Å². The highest BCUT2D eigenvalue weighted by atomic mass is 16.7. The number of aromatic nitrogens is 1. The summed E-state index contributed by atoms with van der Waals surface area (Å²) in [5, 5.41) is 12.2. The summed E-state index contributed by atoms with van der Waals surface area (Å²) >= 11 is 0. The number of nitrogens with one attached hydrogen (secondary N) is 1. The Bertz CT molecular complexity index is 1070. The van der Waals surface area contributed by atoms with E-state index in [2.05, 4.69) is 22.2 Å². The molecule has 1 amide bonds. The maximum absolute atomic E-state index is 11.4. The molecule has 4 rings (SSSR count). The standard InChI is InChI=1S/C28H33N3O4/c1-20(33)30-25-12-10-23(11-13-25)28-34-26(18-31(2)16-14-24-5-3-4-15-29-24)17-27(35-28)22-8-6-21(19-32)7-9-22/h3-13,15,26-28,32H,14,16-19H2,1-2H3,(H,30,33). The molecule has 2 N–H and O–H groups in total. The zero-order valence-corrected chi connectivity index (χ0v) is 20.3. The fourth-order valence-corrected chi connectivity index (χ4v) is 4.25. The second-order valence-corrected chi connectivity index (χ2v) is 8.99. The van der Waals surface area contributed by atoms with Crippen molar-refractivity contribution in [1.82, 2.24) is 9.88 Å². The number of hydrogen-bond donors (Lipinski definition) is 2. The SMILES string of the molecule is CC(=O)Nc1ccc(C2OC(CN(C)CCc3ccccn3)CC(c3ccc(CO)cc3)O2)cc1. The van der Waals surface area contributed by atoms with Gasteiger partial charge in [0.15, 0.2) is 6.29 Å². The van der Waals surface area contributed by atoms with E-state index in [0.29, 0.717) is 0 Å². The zero-order chi connectivity index (χ0) is 24.6. The van der Waals surface area contributed by atoms with Gasteiger partial charge in [0.1, 0.15) is 0 Å². The van der Waals surface area contributed by atoms with Gasteiger partial charge in [-0.3, -0.25) is 9.78 Å². The van der Waals surface area contributed by atoms with Crippen molar-refractivity contribution in [2.24, 2.45) is 0 Å². The number of ether oxygens (including phenoxy) is 2. The highest BCUT2D eigenvalue weighted by Gasteiger charge is 2.32. The van der Waals surface area contributed by atoms with E-state index in [1.807, 2.05) is 72.9 Å². The van der Waals surface area contributed by atoms with Gasteiger partial charge in [0.25, 0.3) is 0 Å². The number of carbonyl (C=O) groups is 1. The molecule has 1 aliphatic rings. The Kier molecular flexibility index (Phi) is 8.60. The molecular weight excluding hydrogens is 442 g/mol. The van der Waals surface area contributed by atoms with Crippen LogP contribution in [0.2, 0.25) is 0 Å². The fraction of sp³-hybridized carbons (Fsp3) is 0.357. The number of nitrogens with zero attached hydrogens (tertiary/aromatic N) is 2. The van der Waals surface area contributed by atoms with E-state index in [0.717, 1.165) is 54.0 Å². The molecule has 184 valence electrons. The Morgan fingerprint density at radius 1 is 1.06 bits per heavy atom. The van der Waals surface area contributed by atoms with Gasteiger partial charge in [-0.15, -0.1) is 0 Å². The van der Waals surface area contributed by atoms with Gasteiger partial charge in [0.2, 0.25) is 5.91 Å². The Balaban J connectivity index is 1.47. The lowest BCUT2D eigenvalue weighted by Crippen LogP contribution is -2.38. The molecule has 0 saturated carbocycles. The summed E-state index contributed by atoms with van der Waals surface area (Å²) in [6.45, 7) is 3.15. The molecule has 1 fully saturated rings. The molecule has 7 heteroatoms. The molecule has 7 nitrogen and oxygen atoms in total. The lowest BCUT2D eigenvalue weighted by molar-refractivity contribution is -0.252. The minimum Gasteiger partial charge on any atom is -0.392 e. The number of anilines is 1. The van der Waals surface area contributed by atoms with Gasteiger partial charge < -0.3 is 24.8 Å². The van der Waals surface area contributed by atoms with Crippen molar-refractivity contribution in [3.63, 3.8) is 0 Å². The number of likely N-dealkylation sites (N-methyl/N-ethyl adjacent to an activating group) is 1. The van der Waals surface area contributed by atoms with Crippen molar-refractivity contribution >= 4 is 11.6 Å². The molecular formula is C28H33N3O4. The molecule has 1 aliphatic heterocycles. The van der Waals surface area contributed by atoms with Crippen LogP contribution in [0.1, 0.15) is 48.1 Å². The molecule has 0 spiro atoms. The Morgan fingerprint density at radius 2 is 1.80 bits per heavy atom. The van der Waals surface area contributed by atoms with E-state index in [4.69, 9.17) is 9.47 Å². The highest BCUT2D eigenvalue weighted by Crippen LogP contribution is 2.38. The first kappa shape index (κ1) is 25.0. The molecule has 3 atom stereocenters. The van der Waals surface area contributed by atoms with E-state index in [1.54, 1.807) is 0 Å². The number of rotatable bonds is 9. The van der Waals surface area contributed by atoms with Crippen LogP contribution in [-0.2, 0) is 27.3 Å². The van der Waals surface area contributed by atoms with E-state index in [9.17, 15) is 9.90 Å². The van der Waals surface area contributed by atoms with Gasteiger partial charge in [0.05, 0.1) is 18.8 Å². The van der Waals surface area contributed by atoms with Gasteiger partial charge in [-0.2, -0.15) is 0 Å². The molecule has 3 aromatic rings. The van der Waals surface area contributed by atoms with Gasteiger partial charge in [-0.05, 0) is 42.4 Å². The van der Waals surface area contributed by atoms with Crippen LogP contribution < -0.4 is 5.32 Å². The minimum atomic E-state index is -0.521. The molecule has 0 radical (unpaired) electrons. The number of aliphatic hydroxyl groups is 1. The average Bonchev–Trinajstić information content (AvgIpc) is 2.88. The van der Waals surface area contributed by atoms with Crippen LogP contribution in [-0.4, -0.2) is 47.1 Å². The molecule has 1 aromatic heterocycles. The van der Waals surface area contributed by atoms with Crippen LogP contribution in [0.25, 0.3) is 0 Å². The zero-order valence-electron chi connectivity index (χ0n) is 20.3. The van der Waals surface area contributed by atoms with E-state index < -0.39 is 6.29 Å². The van der Waals surface area contributed by atoms with Crippen LogP contribution in [0.15, 0.2) is 72.9 Å². The van der Waals surface area contributed by atoms with E-state index >= 15 is 0 Å². The van der Waals surface area contributed by atoms with Crippen molar-refractivity contribution in [1.29, 1.82) is 0 Å². The third kappa shape index (κ3) is 7.19. The predicted octanol–water partition coefficient (Wildman–Crippen LogP) is 4.25. The summed E-state index contributed by atoms with van der Waals surface area (Å²) in [6.07, 6.45) is 2.75. The highest BCUT2D eigenvalue weighted by molar-refractivity contribution is 5.88. The minimum absolute atomic E-state index is 0.0158. The molecule has 0 bridgehead atoms. The van der Waals surface area contributed by atoms with Crippen LogP contribution in [0.3, 0.4) is 0 Å². The summed E-state index contributed by atoms with van der Waals surface area (Å²) in [6, 6.07) is 21.4. The Morgan fingerprint density at radius 3 is 2.46 bits per heavy atom. The summed E-state index contributed by atoms with van der Waals surface area (Å²) in [4.78, 5) is 18.0. The fourth-order valence-electron chi connectivity index (χ4n) is 4.25. The number of pyridine rings is 1. The predicted molar refractivity (Wildman–Crippen MR) is 135 cm³/mol. The van der Waals surface area contributed by atoms with Gasteiger partial charge in [0, 0.05) is 56.0 Å². The van der Waals surface area contributed by atoms with Gasteiger partial charge in [-0.1, -0.05) is 42.5 Å². The molecule has 35 heavy (non-hydrogen) atoms. The maximum atomic E-state index is 11.4. The van der Waals surface area contributed by atoms with Crippen LogP contribution in [0.5, 0.6) is 0 Å². The number of carbonyl (C=O) groups excluding carboxylic acids is 1. The molecule has 3 unspecified atom stereocenters. The Hall–Kier alpha value is -3.10.